The van der Waals surface area contributed by atoms with Crippen molar-refractivity contribution in [3.05, 3.63) is 0 Å². The lowest BCUT2D eigenvalue weighted by molar-refractivity contribution is -0.0154. The maximum absolute atomic E-state index is 6.13. The largest absolute Gasteiger partial charge is 0.378 e. The summed E-state index contributed by atoms with van der Waals surface area (Å²) in [6.07, 6.45) is 5.88. The van der Waals surface area contributed by atoms with Crippen LogP contribution in [0, 0.1) is 29.6 Å². The highest BCUT2D eigenvalue weighted by molar-refractivity contribution is 4.85. The molecule has 0 aromatic rings. The summed E-state index contributed by atoms with van der Waals surface area (Å²) in [5, 5.41) is 0. The van der Waals surface area contributed by atoms with Gasteiger partial charge < -0.3 is 9.64 Å². The van der Waals surface area contributed by atoms with Gasteiger partial charge in [0, 0.05) is 26.2 Å². The second-order valence-corrected chi connectivity index (χ2v) is 8.42. The molecule has 0 amide bonds. The fourth-order valence-electron chi connectivity index (χ4n) is 3.51. The molecule has 1 saturated heterocycles. The predicted molar refractivity (Wildman–Crippen MR) is 90.5 cm³/mol. The van der Waals surface area contributed by atoms with Gasteiger partial charge in [0.25, 0.3) is 0 Å². The van der Waals surface area contributed by atoms with E-state index in [1.165, 1.54) is 45.3 Å². The summed E-state index contributed by atoms with van der Waals surface area (Å²) in [5.41, 5.74) is 0. The third kappa shape index (κ3) is 5.25. The van der Waals surface area contributed by atoms with Crippen molar-refractivity contribution in [1.82, 2.24) is 4.90 Å². The maximum Gasteiger partial charge on any atom is 0.0575 e. The van der Waals surface area contributed by atoms with Crippen molar-refractivity contribution in [2.45, 2.75) is 66.4 Å². The molecule has 0 radical (unpaired) electrons. The Labute approximate surface area is 132 Å². The van der Waals surface area contributed by atoms with Crippen LogP contribution in [-0.4, -0.2) is 37.2 Å². The first-order valence-corrected chi connectivity index (χ1v) is 9.29. The summed E-state index contributed by atoms with van der Waals surface area (Å²) < 4.78 is 6.13. The summed E-state index contributed by atoms with van der Waals surface area (Å²) in [6.45, 7) is 16.6. The molecule has 2 fully saturated rings. The number of hydrogen-bond acceptors (Lipinski definition) is 2. The van der Waals surface area contributed by atoms with Crippen LogP contribution in [0.2, 0.25) is 0 Å². The molecule has 0 aromatic heterocycles. The Morgan fingerprint density at radius 3 is 2.10 bits per heavy atom. The van der Waals surface area contributed by atoms with Crippen molar-refractivity contribution in [1.29, 1.82) is 0 Å². The molecular weight excluding hydrogens is 258 g/mol. The minimum absolute atomic E-state index is 0.544. The minimum Gasteiger partial charge on any atom is -0.378 e. The van der Waals surface area contributed by atoms with Gasteiger partial charge in [-0.3, -0.25) is 0 Å². The molecule has 0 unspecified atom stereocenters. The van der Waals surface area contributed by atoms with Gasteiger partial charge in [0.2, 0.25) is 0 Å². The van der Waals surface area contributed by atoms with Crippen molar-refractivity contribution in [3.8, 4) is 0 Å². The van der Waals surface area contributed by atoms with E-state index >= 15 is 0 Å². The first-order valence-electron chi connectivity index (χ1n) is 9.29. The van der Waals surface area contributed by atoms with Crippen molar-refractivity contribution in [2.75, 3.05) is 26.2 Å². The van der Waals surface area contributed by atoms with Crippen LogP contribution < -0.4 is 0 Å². The normalized spacial score (nSPS) is 29.9. The Morgan fingerprint density at radius 1 is 0.952 bits per heavy atom. The van der Waals surface area contributed by atoms with Crippen LogP contribution in [0.15, 0.2) is 0 Å². The van der Waals surface area contributed by atoms with E-state index in [2.05, 4.69) is 39.5 Å². The van der Waals surface area contributed by atoms with Gasteiger partial charge in [0.1, 0.15) is 0 Å². The number of ether oxygens (including phenoxy) is 1. The third-order valence-corrected chi connectivity index (χ3v) is 5.97. The Bertz CT molecular complexity index is 288. The summed E-state index contributed by atoms with van der Waals surface area (Å²) in [7, 11) is 0. The average molecular weight is 296 g/mol. The minimum atomic E-state index is 0.544. The molecule has 1 aliphatic carbocycles. The van der Waals surface area contributed by atoms with Crippen LogP contribution >= 0.6 is 0 Å². The molecule has 2 nitrogen and oxygen atoms in total. The summed E-state index contributed by atoms with van der Waals surface area (Å²) in [4.78, 5) is 2.68. The number of likely N-dealkylation sites (tertiary alicyclic amines) is 1. The van der Waals surface area contributed by atoms with Gasteiger partial charge in [-0.05, 0) is 55.3 Å². The Balaban J connectivity index is 1.57. The molecule has 21 heavy (non-hydrogen) atoms. The molecule has 0 spiro atoms. The molecule has 1 aliphatic heterocycles. The predicted octanol–water partition coefficient (Wildman–Crippen LogP) is 4.44. The van der Waals surface area contributed by atoms with Crippen LogP contribution in [0.4, 0.5) is 0 Å². The highest BCUT2D eigenvalue weighted by Gasteiger charge is 2.31. The van der Waals surface area contributed by atoms with Crippen molar-refractivity contribution >= 4 is 0 Å². The van der Waals surface area contributed by atoms with Crippen molar-refractivity contribution in [2.24, 2.45) is 29.6 Å². The molecule has 0 aromatic carbocycles. The number of nitrogens with zero attached hydrogens (tertiary/aromatic N) is 1. The van der Waals surface area contributed by atoms with Crippen molar-refractivity contribution < 1.29 is 4.74 Å². The summed E-state index contributed by atoms with van der Waals surface area (Å²) in [6, 6.07) is 0. The van der Waals surface area contributed by atoms with Crippen LogP contribution in [0.5, 0.6) is 0 Å². The third-order valence-electron chi connectivity index (χ3n) is 5.97. The fourth-order valence-corrected chi connectivity index (χ4v) is 3.51. The first-order chi connectivity index (χ1) is 9.95. The zero-order chi connectivity index (χ0) is 15.4. The van der Waals surface area contributed by atoms with E-state index in [1.807, 2.05) is 0 Å². The van der Waals surface area contributed by atoms with Gasteiger partial charge in [-0.1, -0.05) is 34.6 Å². The molecule has 124 valence electrons. The summed E-state index contributed by atoms with van der Waals surface area (Å²) >= 11 is 0. The second kappa shape index (κ2) is 7.97. The van der Waals surface area contributed by atoms with E-state index in [9.17, 15) is 0 Å². The lowest BCUT2D eigenvalue weighted by atomic mass is 9.83. The number of rotatable bonds is 7. The highest BCUT2D eigenvalue weighted by atomic mass is 16.5. The molecule has 0 bridgehead atoms. The van der Waals surface area contributed by atoms with Gasteiger partial charge in [-0.15, -0.1) is 0 Å². The number of hydrogen-bond donors (Lipinski definition) is 0. The van der Waals surface area contributed by atoms with Crippen LogP contribution in [0.3, 0.4) is 0 Å². The lowest BCUT2D eigenvalue weighted by Gasteiger charge is -2.44. The highest BCUT2D eigenvalue weighted by Crippen LogP contribution is 2.31. The van der Waals surface area contributed by atoms with E-state index < -0.39 is 0 Å². The van der Waals surface area contributed by atoms with Gasteiger partial charge >= 0.3 is 0 Å². The van der Waals surface area contributed by atoms with E-state index in [1.54, 1.807) is 0 Å². The van der Waals surface area contributed by atoms with E-state index in [0.717, 1.165) is 30.3 Å². The lowest BCUT2D eigenvalue weighted by Crippen LogP contribution is -2.50. The van der Waals surface area contributed by atoms with Gasteiger partial charge in [-0.2, -0.15) is 0 Å². The zero-order valence-electron chi connectivity index (χ0n) is 15.0. The second-order valence-electron chi connectivity index (χ2n) is 8.42. The molecule has 2 heteroatoms. The fraction of sp³-hybridized carbons (Fsp3) is 1.00. The molecule has 0 N–H and O–H groups in total. The van der Waals surface area contributed by atoms with E-state index in [0.29, 0.717) is 12.0 Å². The quantitative estimate of drug-likeness (QED) is 0.688. The Morgan fingerprint density at radius 2 is 1.57 bits per heavy atom. The van der Waals surface area contributed by atoms with Gasteiger partial charge in [0.15, 0.2) is 0 Å². The zero-order valence-corrected chi connectivity index (χ0v) is 15.0. The topological polar surface area (TPSA) is 12.5 Å². The van der Waals surface area contributed by atoms with Gasteiger partial charge in [-0.25, -0.2) is 0 Å². The van der Waals surface area contributed by atoms with Gasteiger partial charge in [0.05, 0.1) is 6.10 Å². The van der Waals surface area contributed by atoms with Crippen molar-refractivity contribution in [3.63, 3.8) is 0 Å². The Hall–Kier alpha value is -0.0800. The molecular formula is C19H37NO. The monoisotopic (exact) mass is 295 g/mol. The molecule has 1 saturated carbocycles. The molecule has 1 atom stereocenters. The molecule has 1 heterocycles. The van der Waals surface area contributed by atoms with Crippen LogP contribution in [-0.2, 0) is 4.74 Å². The first kappa shape index (κ1) is 17.3. The Kier molecular flexibility index (Phi) is 6.55. The standard InChI is InChI=1S/C19H37NO/c1-14(2)16(5)13-21-19-8-6-17(7-9-19)10-20-11-18(12-20)15(3)4/h14-19H,6-13H2,1-5H3/t16-,17?,19?/m1/s1. The molecule has 2 rings (SSSR count). The maximum atomic E-state index is 6.13. The van der Waals surface area contributed by atoms with Crippen LogP contribution in [0.1, 0.15) is 60.3 Å². The van der Waals surface area contributed by atoms with E-state index in [4.69, 9.17) is 4.74 Å². The van der Waals surface area contributed by atoms with Crippen LogP contribution in [0.25, 0.3) is 0 Å². The average Bonchev–Trinajstić information content (AvgIpc) is 2.40. The van der Waals surface area contributed by atoms with E-state index in [-0.39, 0.29) is 0 Å². The smallest absolute Gasteiger partial charge is 0.0575 e. The molecule has 2 aliphatic rings. The summed E-state index contributed by atoms with van der Waals surface area (Å²) in [5.74, 6) is 4.19. The SMILES string of the molecule is CC(C)C1CN(CC2CCC(OC[C@@H](C)C(C)C)CC2)C1.